The number of pyridine rings is 1. The van der Waals surface area contributed by atoms with Crippen LogP contribution in [0.25, 0.3) is 10.9 Å². The van der Waals surface area contributed by atoms with Gasteiger partial charge in [-0.1, -0.05) is 25.5 Å². The molecule has 0 radical (unpaired) electrons. The molecule has 0 fully saturated rings. The number of anilines is 1. The molecule has 21 heavy (non-hydrogen) atoms. The molecule has 1 aromatic carbocycles. The van der Waals surface area contributed by atoms with Gasteiger partial charge in [0.05, 0.1) is 10.5 Å². The smallest absolute Gasteiger partial charge is 0.295 e. The molecule has 0 spiro atoms. The summed E-state index contributed by atoms with van der Waals surface area (Å²) < 4.78 is 0. The number of hydrogen-bond donors (Lipinski definition) is 2. The lowest BCUT2D eigenvalue weighted by Crippen LogP contribution is -2.33. The van der Waals surface area contributed by atoms with E-state index in [2.05, 4.69) is 10.3 Å². The second-order valence-electron chi connectivity index (χ2n) is 5.39. The molecule has 0 aliphatic heterocycles. The van der Waals surface area contributed by atoms with Crippen molar-refractivity contribution in [3.63, 3.8) is 0 Å². The molecular formula is C15H19N3O3. The average Bonchev–Trinajstić information content (AvgIpc) is 2.44. The number of nitrogens with zero attached hydrogens (tertiary/aromatic N) is 2. The van der Waals surface area contributed by atoms with Crippen molar-refractivity contribution in [2.45, 2.75) is 32.3 Å². The van der Waals surface area contributed by atoms with Gasteiger partial charge >= 0.3 is 0 Å². The highest BCUT2D eigenvalue weighted by Crippen LogP contribution is 2.29. The second-order valence-corrected chi connectivity index (χ2v) is 5.39. The summed E-state index contributed by atoms with van der Waals surface area (Å²) in [4.78, 5) is 14.7. The molecule has 1 aromatic heterocycles. The lowest BCUT2D eigenvalue weighted by Gasteiger charge is -2.24. The minimum Gasteiger partial charge on any atom is -0.388 e. The quantitative estimate of drug-likeness (QED) is 0.630. The first-order valence-corrected chi connectivity index (χ1v) is 6.93. The third-order valence-corrected chi connectivity index (χ3v) is 3.39. The van der Waals surface area contributed by atoms with Crippen molar-refractivity contribution in [2.75, 3.05) is 11.9 Å². The fourth-order valence-corrected chi connectivity index (χ4v) is 2.37. The van der Waals surface area contributed by atoms with Gasteiger partial charge < -0.3 is 10.4 Å². The Bertz CT molecular complexity index is 656. The van der Waals surface area contributed by atoms with Gasteiger partial charge in [0.15, 0.2) is 0 Å². The maximum absolute atomic E-state index is 11.0. The van der Waals surface area contributed by atoms with E-state index in [9.17, 15) is 15.2 Å². The van der Waals surface area contributed by atoms with Crippen LogP contribution in [0.3, 0.4) is 0 Å². The van der Waals surface area contributed by atoms with Gasteiger partial charge in [-0.25, -0.2) is 4.98 Å². The largest absolute Gasteiger partial charge is 0.388 e. The Kier molecular flexibility index (Phi) is 4.37. The predicted molar refractivity (Wildman–Crippen MR) is 82.4 cm³/mol. The van der Waals surface area contributed by atoms with Gasteiger partial charge in [-0.15, -0.1) is 0 Å². The molecule has 6 nitrogen and oxygen atoms in total. The summed E-state index contributed by atoms with van der Waals surface area (Å²) in [7, 11) is 0. The van der Waals surface area contributed by atoms with Crippen LogP contribution < -0.4 is 5.32 Å². The molecule has 6 heteroatoms. The molecular weight excluding hydrogens is 270 g/mol. The van der Waals surface area contributed by atoms with Crippen LogP contribution in [-0.2, 0) is 0 Å². The number of benzene rings is 1. The number of aromatic nitrogens is 1. The van der Waals surface area contributed by atoms with Crippen molar-refractivity contribution >= 4 is 22.3 Å². The van der Waals surface area contributed by atoms with Crippen molar-refractivity contribution in [1.29, 1.82) is 0 Å². The van der Waals surface area contributed by atoms with Crippen molar-refractivity contribution < 1.29 is 10.0 Å². The van der Waals surface area contributed by atoms with Crippen LogP contribution in [0.1, 0.15) is 26.7 Å². The van der Waals surface area contributed by atoms with Crippen LogP contribution in [0.15, 0.2) is 30.5 Å². The van der Waals surface area contributed by atoms with Crippen LogP contribution >= 0.6 is 0 Å². The monoisotopic (exact) mass is 289 g/mol. The number of hydrogen-bond acceptors (Lipinski definition) is 5. The van der Waals surface area contributed by atoms with Crippen molar-refractivity contribution in [3.8, 4) is 0 Å². The molecule has 0 saturated heterocycles. The highest BCUT2D eigenvalue weighted by atomic mass is 16.6. The van der Waals surface area contributed by atoms with Crippen molar-refractivity contribution in [1.82, 2.24) is 4.98 Å². The molecule has 0 bridgehead atoms. The number of fused-ring (bicyclic) bond motifs is 1. The summed E-state index contributed by atoms with van der Waals surface area (Å²) in [6.07, 6.45) is 3.10. The van der Waals surface area contributed by atoms with Crippen LogP contribution in [-0.4, -0.2) is 27.2 Å². The van der Waals surface area contributed by atoms with Gasteiger partial charge in [-0.3, -0.25) is 10.1 Å². The number of rotatable bonds is 6. The molecule has 0 aliphatic carbocycles. The van der Waals surface area contributed by atoms with E-state index in [4.69, 9.17) is 0 Å². The van der Waals surface area contributed by atoms with Gasteiger partial charge in [0, 0.05) is 29.9 Å². The van der Waals surface area contributed by atoms with E-state index in [1.165, 1.54) is 12.3 Å². The Hall–Kier alpha value is -2.21. The topological polar surface area (TPSA) is 88.3 Å². The minimum atomic E-state index is -0.814. The lowest BCUT2D eigenvalue weighted by molar-refractivity contribution is -0.383. The van der Waals surface area contributed by atoms with Gasteiger partial charge in [0.1, 0.15) is 5.52 Å². The SMILES string of the molecule is CCCC(C)(O)CNc1ccnc2c([N+](=O)[O-])cccc12. The summed E-state index contributed by atoms with van der Waals surface area (Å²) in [6.45, 7) is 4.16. The highest BCUT2D eigenvalue weighted by Gasteiger charge is 2.20. The van der Waals surface area contributed by atoms with E-state index < -0.39 is 10.5 Å². The molecule has 2 rings (SSSR count). The van der Waals surface area contributed by atoms with Gasteiger partial charge in [0.25, 0.3) is 5.69 Å². The number of nitro benzene ring substituents is 1. The zero-order valence-corrected chi connectivity index (χ0v) is 12.2. The van der Waals surface area contributed by atoms with Crippen LogP contribution in [0, 0.1) is 10.1 Å². The fourth-order valence-electron chi connectivity index (χ4n) is 2.37. The number of para-hydroxylation sites is 1. The maximum atomic E-state index is 11.0. The maximum Gasteiger partial charge on any atom is 0.295 e. The van der Waals surface area contributed by atoms with Crippen molar-refractivity contribution in [3.05, 3.63) is 40.6 Å². The number of nitrogens with one attached hydrogen (secondary N) is 1. The predicted octanol–water partition coefficient (Wildman–Crippen LogP) is 3.11. The first-order valence-electron chi connectivity index (χ1n) is 6.93. The summed E-state index contributed by atoms with van der Waals surface area (Å²) in [5.41, 5.74) is 0.254. The van der Waals surface area contributed by atoms with Crippen LogP contribution in [0.4, 0.5) is 11.4 Å². The molecule has 0 saturated carbocycles. The normalized spacial score (nSPS) is 13.9. The second kappa shape index (κ2) is 6.05. The van der Waals surface area contributed by atoms with Crippen LogP contribution in [0.5, 0.6) is 0 Å². The lowest BCUT2D eigenvalue weighted by atomic mass is 10.0. The molecule has 1 atom stereocenters. The standard InChI is InChI=1S/C15H19N3O3/c1-3-8-15(2,19)10-17-12-7-9-16-14-11(12)5-4-6-13(14)18(20)21/h4-7,9,19H,3,8,10H2,1-2H3,(H,16,17). The molecule has 112 valence electrons. The van der Waals surface area contributed by atoms with Gasteiger partial charge in [-0.05, 0) is 19.4 Å². The van der Waals surface area contributed by atoms with Gasteiger partial charge in [-0.2, -0.15) is 0 Å². The number of aliphatic hydroxyl groups is 1. The summed E-state index contributed by atoms with van der Waals surface area (Å²) >= 11 is 0. The summed E-state index contributed by atoms with van der Waals surface area (Å²) in [5.74, 6) is 0. The van der Waals surface area contributed by atoms with Crippen LogP contribution in [0.2, 0.25) is 0 Å². The Morgan fingerprint density at radius 1 is 1.43 bits per heavy atom. The highest BCUT2D eigenvalue weighted by molar-refractivity contribution is 5.96. The third-order valence-electron chi connectivity index (χ3n) is 3.39. The van der Waals surface area contributed by atoms with E-state index in [0.717, 1.165) is 12.1 Å². The van der Waals surface area contributed by atoms with E-state index in [0.29, 0.717) is 23.9 Å². The fraction of sp³-hybridized carbons (Fsp3) is 0.400. The van der Waals surface area contributed by atoms with Crippen molar-refractivity contribution in [2.24, 2.45) is 0 Å². The average molecular weight is 289 g/mol. The van der Waals surface area contributed by atoms with E-state index in [-0.39, 0.29) is 5.69 Å². The Balaban J connectivity index is 2.33. The number of non-ortho nitro benzene ring substituents is 1. The molecule has 1 unspecified atom stereocenters. The molecule has 1 heterocycles. The third kappa shape index (κ3) is 3.46. The first-order chi connectivity index (χ1) is 9.94. The number of nitro groups is 1. The molecule has 0 aliphatic rings. The minimum absolute atomic E-state index is 0.0172. The van der Waals surface area contributed by atoms with E-state index in [1.54, 1.807) is 25.1 Å². The Morgan fingerprint density at radius 2 is 2.19 bits per heavy atom. The Morgan fingerprint density at radius 3 is 2.86 bits per heavy atom. The zero-order chi connectivity index (χ0) is 15.5. The van der Waals surface area contributed by atoms with E-state index in [1.807, 2.05) is 6.92 Å². The molecule has 2 aromatic rings. The molecule has 2 N–H and O–H groups in total. The summed E-state index contributed by atoms with van der Waals surface area (Å²) in [5, 5.41) is 25.1. The Labute approximate surface area is 123 Å². The van der Waals surface area contributed by atoms with E-state index >= 15 is 0 Å². The first kappa shape index (κ1) is 15.2. The zero-order valence-electron chi connectivity index (χ0n) is 12.2. The molecule has 0 amide bonds. The summed E-state index contributed by atoms with van der Waals surface area (Å²) in [6, 6.07) is 6.62. The van der Waals surface area contributed by atoms with Gasteiger partial charge in [0.2, 0.25) is 0 Å².